The van der Waals surface area contributed by atoms with Gasteiger partial charge in [0, 0.05) is 23.2 Å². The third kappa shape index (κ3) is 2.15. The Morgan fingerprint density at radius 3 is 2.66 bits per heavy atom. The van der Waals surface area contributed by atoms with Crippen LogP contribution in [0.15, 0.2) is 85.3 Å². The molecule has 0 unspecified atom stereocenters. The minimum Gasteiger partial charge on any atom is -0.290 e. The summed E-state index contributed by atoms with van der Waals surface area (Å²) in [5.41, 5.74) is 16.3. The van der Waals surface area contributed by atoms with Crippen molar-refractivity contribution in [1.82, 2.24) is 19.4 Å². The molecule has 0 saturated carbocycles. The van der Waals surface area contributed by atoms with Crippen molar-refractivity contribution >= 4 is 38.5 Å². The van der Waals surface area contributed by atoms with Crippen molar-refractivity contribution in [3.8, 4) is 22.3 Å². The second-order valence-electron chi connectivity index (χ2n) is 9.70. The number of benzene rings is 3. The highest BCUT2D eigenvalue weighted by Gasteiger charge is 2.29. The molecule has 0 saturated heterocycles. The van der Waals surface area contributed by atoms with Gasteiger partial charge in [-0.15, -0.1) is 0 Å². The lowest BCUT2D eigenvalue weighted by molar-refractivity contribution is 1.23. The molecule has 7 aromatic rings. The van der Waals surface area contributed by atoms with Gasteiger partial charge in [-0.05, 0) is 87.7 Å². The number of imidazole rings is 1. The molecule has 4 heteroatoms. The Morgan fingerprint density at radius 2 is 1.66 bits per heavy atom. The zero-order valence-electron chi connectivity index (χ0n) is 18.8. The highest BCUT2D eigenvalue weighted by Crippen LogP contribution is 2.49. The van der Waals surface area contributed by atoms with Crippen molar-refractivity contribution in [3.63, 3.8) is 0 Å². The maximum absolute atomic E-state index is 5.04. The van der Waals surface area contributed by atoms with E-state index in [2.05, 4.69) is 64.0 Å². The molecule has 4 nitrogen and oxygen atoms in total. The Morgan fingerprint density at radius 1 is 0.686 bits per heavy atom. The highest BCUT2D eigenvalue weighted by atomic mass is 15.0. The van der Waals surface area contributed by atoms with Gasteiger partial charge in [-0.1, -0.05) is 36.4 Å². The van der Waals surface area contributed by atoms with E-state index in [0.29, 0.717) is 0 Å². The molecule has 4 heterocycles. The lowest BCUT2D eigenvalue weighted by atomic mass is 9.95. The molecule has 4 aromatic heterocycles. The van der Waals surface area contributed by atoms with Crippen LogP contribution in [0.25, 0.3) is 60.7 Å². The maximum atomic E-state index is 5.04. The molecule has 0 atom stereocenters. The maximum Gasteiger partial charge on any atom is 0.146 e. The zero-order chi connectivity index (χ0) is 22.7. The summed E-state index contributed by atoms with van der Waals surface area (Å²) < 4.78 is 2.24. The molecular weight excluding hydrogens is 428 g/mol. The highest BCUT2D eigenvalue weighted by molar-refractivity contribution is 6.14. The quantitative estimate of drug-likeness (QED) is 0.243. The summed E-state index contributed by atoms with van der Waals surface area (Å²) in [5.74, 6) is 0. The summed E-state index contributed by atoms with van der Waals surface area (Å²) in [6.45, 7) is 0. The third-order valence-corrected chi connectivity index (χ3v) is 7.95. The van der Waals surface area contributed by atoms with Gasteiger partial charge >= 0.3 is 0 Å². The van der Waals surface area contributed by atoms with E-state index in [9.17, 15) is 0 Å². The van der Waals surface area contributed by atoms with Crippen LogP contribution < -0.4 is 0 Å². The monoisotopic (exact) mass is 446 g/mol. The molecule has 0 bridgehead atoms. The van der Waals surface area contributed by atoms with Gasteiger partial charge < -0.3 is 0 Å². The zero-order valence-corrected chi connectivity index (χ0v) is 18.8. The van der Waals surface area contributed by atoms with Crippen molar-refractivity contribution < 1.29 is 0 Å². The average Bonchev–Trinajstić information content (AvgIpc) is 3.58. The van der Waals surface area contributed by atoms with Crippen molar-refractivity contribution in [1.29, 1.82) is 0 Å². The Kier molecular flexibility index (Phi) is 3.11. The van der Waals surface area contributed by atoms with Gasteiger partial charge in [-0.2, -0.15) is 0 Å². The van der Waals surface area contributed by atoms with Gasteiger partial charge in [0.1, 0.15) is 11.2 Å². The minimum atomic E-state index is 0.903. The van der Waals surface area contributed by atoms with E-state index in [0.717, 1.165) is 45.9 Å². The topological polar surface area (TPSA) is 43.1 Å². The minimum absolute atomic E-state index is 0.903. The van der Waals surface area contributed by atoms with Crippen LogP contribution in [0.2, 0.25) is 0 Å². The van der Waals surface area contributed by atoms with Crippen molar-refractivity contribution in [2.24, 2.45) is 0 Å². The Balaban J connectivity index is 1.41. The second-order valence-corrected chi connectivity index (χ2v) is 9.70. The van der Waals surface area contributed by atoms with Crippen molar-refractivity contribution in [2.45, 2.75) is 12.8 Å². The molecule has 9 rings (SSSR count). The summed E-state index contributed by atoms with van der Waals surface area (Å²) in [6, 6.07) is 24.4. The lowest BCUT2D eigenvalue weighted by Crippen LogP contribution is -1.94. The van der Waals surface area contributed by atoms with E-state index in [-0.39, 0.29) is 0 Å². The standard InChI is InChI=1S/C31H18N4/c1-2-5-20-17(4-1)12-18-7-8-21-22-15-25-24(14-19(22)13-23(21)29(18)20)30-28(6-3-10-33-30)35-27-9-11-32-16-26(27)34-31(25)35/h1-11,14-16H,12-13H2. The van der Waals surface area contributed by atoms with Gasteiger partial charge in [0.05, 0.1) is 22.7 Å². The summed E-state index contributed by atoms with van der Waals surface area (Å²) >= 11 is 0. The van der Waals surface area contributed by atoms with Gasteiger partial charge in [0.2, 0.25) is 0 Å². The molecule has 2 aliphatic rings. The number of rotatable bonds is 0. The number of aromatic nitrogens is 4. The molecule has 2 aliphatic carbocycles. The summed E-state index contributed by atoms with van der Waals surface area (Å²) in [5, 5.41) is 2.31. The fourth-order valence-corrected chi connectivity index (χ4v) is 6.49. The summed E-state index contributed by atoms with van der Waals surface area (Å²) in [7, 11) is 0. The molecule has 0 N–H and O–H groups in total. The molecule has 0 fully saturated rings. The molecule has 3 aromatic carbocycles. The number of nitrogens with zero attached hydrogens (tertiary/aromatic N) is 4. The first-order chi connectivity index (χ1) is 17.3. The predicted octanol–water partition coefficient (Wildman–Crippen LogP) is 6.73. The van der Waals surface area contributed by atoms with Crippen LogP contribution in [0.3, 0.4) is 0 Å². The number of pyridine rings is 3. The van der Waals surface area contributed by atoms with Gasteiger partial charge in [-0.3, -0.25) is 14.4 Å². The largest absolute Gasteiger partial charge is 0.290 e. The van der Waals surface area contributed by atoms with E-state index < -0.39 is 0 Å². The molecule has 35 heavy (non-hydrogen) atoms. The van der Waals surface area contributed by atoms with E-state index in [1.54, 1.807) is 0 Å². The first-order valence-corrected chi connectivity index (χ1v) is 12.0. The second kappa shape index (κ2) is 6.10. The normalized spacial score (nSPS) is 13.5. The van der Waals surface area contributed by atoms with E-state index in [1.165, 1.54) is 49.9 Å². The Bertz CT molecular complexity index is 2070. The molecule has 0 radical (unpaired) electrons. The fraction of sp³-hybridized carbons (Fsp3) is 0.0645. The third-order valence-electron chi connectivity index (χ3n) is 7.95. The summed E-state index contributed by atoms with van der Waals surface area (Å²) in [4.78, 5) is 14.2. The Labute approximate surface area is 200 Å². The molecular formula is C31H18N4. The van der Waals surface area contributed by atoms with Crippen LogP contribution in [0.1, 0.15) is 22.3 Å². The van der Waals surface area contributed by atoms with Gasteiger partial charge in [0.15, 0.2) is 0 Å². The van der Waals surface area contributed by atoms with E-state index in [1.807, 2.05) is 30.7 Å². The average molecular weight is 447 g/mol. The van der Waals surface area contributed by atoms with E-state index >= 15 is 0 Å². The number of hydrogen-bond donors (Lipinski definition) is 0. The fourth-order valence-electron chi connectivity index (χ4n) is 6.49. The van der Waals surface area contributed by atoms with Gasteiger partial charge in [-0.25, -0.2) is 4.98 Å². The van der Waals surface area contributed by atoms with Crippen LogP contribution in [0, 0.1) is 0 Å². The summed E-state index contributed by atoms with van der Waals surface area (Å²) in [6.07, 6.45) is 7.55. The van der Waals surface area contributed by atoms with Crippen LogP contribution in [-0.4, -0.2) is 19.4 Å². The number of fused-ring (bicyclic) bond motifs is 15. The van der Waals surface area contributed by atoms with Crippen LogP contribution in [0.5, 0.6) is 0 Å². The molecule has 0 spiro atoms. The van der Waals surface area contributed by atoms with Crippen LogP contribution >= 0.6 is 0 Å². The van der Waals surface area contributed by atoms with E-state index in [4.69, 9.17) is 9.97 Å². The predicted molar refractivity (Wildman–Crippen MR) is 140 cm³/mol. The van der Waals surface area contributed by atoms with Crippen LogP contribution in [0.4, 0.5) is 0 Å². The first kappa shape index (κ1) is 17.8. The molecule has 162 valence electrons. The molecule has 0 amide bonds. The first-order valence-electron chi connectivity index (χ1n) is 12.0. The van der Waals surface area contributed by atoms with Crippen molar-refractivity contribution in [3.05, 3.63) is 108 Å². The Hall–Kier alpha value is -4.57. The molecule has 0 aliphatic heterocycles. The van der Waals surface area contributed by atoms with Crippen molar-refractivity contribution in [2.75, 3.05) is 0 Å². The van der Waals surface area contributed by atoms with Crippen LogP contribution in [-0.2, 0) is 12.8 Å². The van der Waals surface area contributed by atoms with Gasteiger partial charge in [0.25, 0.3) is 0 Å². The SMILES string of the molecule is c1ccc2c(c1)Cc1ccc3c(c1-2)Cc1cc2c(cc1-3)c1nc3cnccc3n1c1cccnc21. The smallest absolute Gasteiger partial charge is 0.146 e. The number of hydrogen-bond acceptors (Lipinski definition) is 3. The lowest BCUT2D eigenvalue weighted by Gasteiger charge is -2.11.